The van der Waals surface area contributed by atoms with Crippen LogP contribution in [0.2, 0.25) is 0 Å². The van der Waals surface area contributed by atoms with Crippen molar-refractivity contribution in [2.45, 2.75) is 26.2 Å². The van der Waals surface area contributed by atoms with E-state index in [2.05, 4.69) is 17.0 Å². The zero-order valence-electron chi connectivity index (χ0n) is 10.6. The van der Waals surface area contributed by atoms with Gasteiger partial charge in [0.25, 0.3) is 0 Å². The molecule has 1 aromatic carbocycles. The van der Waals surface area contributed by atoms with Gasteiger partial charge in [-0.2, -0.15) is 5.26 Å². The van der Waals surface area contributed by atoms with E-state index in [4.69, 9.17) is 10.4 Å². The number of anilines is 1. The predicted molar refractivity (Wildman–Crippen MR) is 70.5 cm³/mol. The molecule has 1 rings (SSSR count). The van der Waals surface area contributed by atoms with Gasteiger partial charge in [0.15, 0.2) is 0 Å². The molecule has 0 amide bonds. The molecular formula is C14H18N2O2. The molecule has 4 nitrogen and oxygen atoms in total. The Morgan fingerprint density at radius 3 is 2.83 bits per heavy atom. The molecule has 0 atom stereocenters. The Labute approximate surface area is 107 Å². The Bertz CT molecular complexity index is 438. The van der Waals surface area contributed by atoms with Crippen molar-refractivity contribution in [3.63, 3.8) is 0 Å². The van der Waals surface area contributed by atoms with Gasteiger partial charge in [0, 0.05) is 25.2 Å². The van der Waals surface area contributed by atoms with E-state index in [0.717, 1.165) is 11.3 Å². The van der Waals surface area contributed by atoms with E-state index in [1.807, 2.05) is 25.1 Å². The number of carboxylic acids is 1. The number of nitriles is 1. The van der Waals surface area contributed by atoms with E-state index in [1.54, 1.807) is 0 Å². The fourth-order valence-electron chi connectivity index (χ4n) is 1.80. The minimum atomic E-state index is -0.778. The molecular weight excluding hydrogens is 228 g/mol. The van der Waals surface area contributed by atoms with Crippen LogP contribution in [0, 0.1) is 18.3 Å². The highest BCUT2D eigenvalue weighted by molar-refractivity contribution is 5.66. The molecule has 0 fully saturated rings. The molecule has 0 bridgehead atoms. The average Bonchev–Trinajstić information content (AvgIpc) is 2.33. The summed E-state index contributed by atoms with van der Waals surface area (Å²) in [6, 6.07) is 10.2. The van der Waals surface area contributed by atoms with Gasteiger partial charge in [-0.3, -0.25) is 4.79 Å². The molecule has 0 saturated heterocycles. The second kappa shape index (κ2) is 7.33. The van der Waals surface area contributed by atoms with Crippen molar-refractivity contribution in [2.75, 3.05) is 18.0 Å². The van der Waals surface area contributed by atoms with Gasteiger partial charge in [0.1, 0.15) is 0 Å². The molecule has 0 aliphatic heterocycles. The van der Waals surface area contributed by atoms with Crippen molar-refractivity contribution >= 4 is 11.7 Å². The molecule has 0 spiro atoms. The first-order valence-electron chi connectivity index (χ1n) is 6.04. The SMILES string of the molecule is Cc1cccc(N(CCC#N)CCCC(=O)O)c1. The van der Waals surface area contributed by atoms with Gasteiger partial charge in [-0.25, -0.2) is 0 Å². The molecule has 0 heterocycles. The van der Waals surface area contributed by atoms with Crippen molar-refractivity contribution in [1.29, 1.82) is 5.26 Å². The van der Waals surface area contributed by atoms with Gasteiger partial charge in [0.05, 0.1) is 12.5 Å². The van der Waals surface area contributed by atoms with E-state index in [-0.39, 0.29) is 6.42 Å². The number of benzene rings is 1. The lowest BCUT2D eigenvalue weighted by atomic mass is 10.2. The lowest BCUT2D eigenvalue weighted by Gasteiger charge is -2.24. The van der Waals surface area contributed by atoms with Gasteiger partial charge in [0.2, 0.25) is 0 Å². The Kier molecular flexibility index (Phi) is 5.72. The van der Waals surface area contributed by atoms with Crippen LogP contribution in [0.25, 0.3) is 0 Å². The number of nitrogens with zero attached hydrogens (tertiary/aromatic N) is 2. The minimum Gasteiger partial charge on any atom is -0.481 e. The standard InChI is InChI=1S/C14H18N2O2/c1-12-5-2-6-13(11-12)16(10-4-8-15)9-3-7-14(17)18/h2,5-6,11H,3-4,7,9-10H2,1H3,(H,17,18). The van der Waals surface area contributed by atoms with E-state index < -0.39 is 5.97 Å². The van der Waals surface area contributed by atoms with E-state index >= 15 is 0 Å². The van der Waals surface area contributed by atoms with E-state index in [9.17, 15) is 4.79 Å². The lowest BCUT2D eigenvalue weighted by molar-refractivity contribution is -0.137. The van der Waals surface area contributed by atoms with Crippen LogP contribution in [-0.4, -0.2) is 24.2 Å². The van der Waals surface area contributed by atoms with Gasteiger partial charge in [-0.05, 0) is 31.0 Å². The van der Waals surface area contributed by atoms with Crippen LogP contribution < -0.4 is 4.90 Å². The second-order valence-corrected chi connectivity index (χ2v) is 4.23. The first-order valence-corrected chi connectivity index (χ1v) is 6.04. The van der Waals surface area contributed by atoms with Crippen molar-refractivity contribution in [3.05, 3.63) is 29.8 Å². The molecule has 96 valence electrons. The summed E-state index contributed by atoms with van der Waals surface area (Å²) in [4.78, 5) is 12.6. The highest BCUT2D eigenvalue weighted by Gasteiger charge is 2.07. The average molecular weight is 246 g/mol. The van der Waals surface area contributed by atoms with Gasteiger partial charge < -0.3 is 10.0 Å². The number of aliphatic carboxylic acids is 1. The maximum atomic E-state index is 10.5. The third kappa shape index (κ3) is 4.88. The summed E-state index contributed by atoms with van der Waals surface area (Å²) in [5.74, 6) is -0.778. The van der Waals surface area contributed by atoms with Crippen molar-refractivity contribution in [1.82, 2.24) is 0 Å². The van der Waals surface area contributed by atoms with Crippen molar-refractivity contribution < 1.29 is 9.90 Å². The third-order valence-electron chi connectivity index (χ3n) is 2.68. The Balaban J connectivity index is 2.65. The molecule has 18 heavy (non-hydrogen) atoms. The number of hydrogen-bond donors (Lipinski definition) is 1. The third-order valence-corrected chi connectivity index (χ3v) is 2.68. The monoisotopic (exact) mass is 246 g/mol. The summed E-state index contributed by atoms with van der Waals surface area (Å²) in [6.45, 7) is 3.32. The van der Waals surface area contributed by atoms with Gasteiger partial charge >= 0.3 is 5.97 Å². The maximum Gasteiger partial charge on any atom is 0.303 e. The first-order chi connectivity index (χ1) is 8.63. The van der Waals surface area contributed by atoms with Gasteiger partial charge in [-0.15, -0.1) is 0 Å². The van der Waals surface area contributed by atoms with E-state index in [1.165, 1.54) is 0 Å². The normalized spacial score (nSPS) is 9.78. The van der Waals surface area contributed by atoms with Crippen LogP contribution in [0.5, 0.6) is 0 Å². The van der Waals surface area contributed by atoms with Crippen LogP contribution in [0.4, 0.5) is 5.69 Å². The minimum absolute atomic E-state index is 0.162. The largest absolute Gasteiger partial charge is 0.481 e. The molecule has 4 heteroatoms. The molecule has 0 unspecified atom stereocenters. The number of aryl methyl sites for hydroxylation is 1. The highest BCUT2D eigenvalue weighted by Crippen LogP contribution is 2.16. The summed E-state index contributed by atoms with van der Waals surface area (Å²) in [7, 11) is 0. The van der Waals surface area contributed by atoms with Crippen LogP contribution in [-0.2, 0) is 4.79 Å². The molecule has 1 aromatic rings. The number of carbonyl (C=O) groups is 1. The number of hydrogen-bond acceptors (Lipinski definition) is 3. The fourth-order valence-corrected chi connectivity index (χ4v) is 1.80. The zero-order valence-corrected chi connectivity index (χ0v) is 10.6. The van der Waals surface area contributed by atoms with Crippen LogP contribution in [0.1, 0.15) is 24.8 Å². The summed E-state index contributed by atoms with van der Waals surface area (Å²) in [6.07, 6.45) is 1.20. The van der Waals surface area contributed by atoms with E-state index in [0.29, 0.717) is 25.9 Å². The van der Waals surface area contributed by atoms with Crippen molar-refractivity contribution in [3.8, 4) is 6.07 Å². The molecule has 0 saturated carbocycles. The van der Waals surface area contributed by atoms with Crippen molar-refractivity contribution in [2.24, 2.45) is 0 Å². The van der Waals surface area contributed by atoms with Crippen LogP contribution in [0.15, 0.2) is 24.3 Å². The molecule has 1 N–H and O–H groups in total. The summed E-state index contributed by atoms with van der Waals surface area (Å²) < 4.78 is 0. The summed E-state index contributed by atoms with van der Waals surface area (Å²) in [5.41, 5.74) is 2.21. The lowest BCUT2D eigenvalue weighted by Crippen LogP contribution is -2.26. The quantitative estimate of drug-likeness (QED) is 0.803. The Morgan fingerprint density at radius 2 is 2.22 bits per heavy atom. The summed E-state index contributed by atoms with van der Waals surface area (Å²) in [5, 5.41) is 17.3. The zero-order chi connectivity index (χ0) is 13.4. The topological polar surface area (TPSA) is 64.3 Å². The number of carboxylic acid groups (broad SMARTS) is 1. The fraction of sp³-hybridized carbons (Fsp3) is 0.429. The maximum absolute atomic E-state index is 10.5. The molecule has 0 aliphatic carbocycles. The number of rotatable bonds is 7. The highest BCUT2D eigenvalue weighted by atomic mass is 16.4. The Morgan fingerprint density at radius 1 is 1.44 bits per heavy atom. The molecule has 0 aliphatic rings. The van der Waals surface area contributed by atoms with Gasteiger partial charge in [-0.1, -0.05) is 12.1 Å². The first kappa shape index (κ1) is 14.0. The summed E-state index contributed by atoms with van der Waals surface area (Å²) >= 11 is 0. The second-order valence-electron chi connectivity index (χ2n) is 4.23. The van der Waals surface area contributed by atoms with Crippen LogP contribution >= 0.6 is 0 Å². The molecule has 0 radical (unpaired) electrons. The smallest absolute Gasteiger partial charge is 0.303 e. The van der Waals surface area contributed by atoms with Crippen LogP contribution in [0.3, 0.4) is 0 Å². The predicted octanol–water partition coefficient (Wildman–Crippen LogP) is 2.58. The molecule has 0 aromatic heterocycles. The Hall–Kier alpha value is -2.02.